The number of nitrogens with zero attached hydrogens (tertiary/aromatic N) is 4. The van der Waals surface area contributed by atoms with Crippen molar-refractivity contribution < 1.29 is 9.59 Å². The minimum Gasteiger partial charge on any atom is -0.356 e. The maximum Gasteiger partial charge on any atom is 0.255 e. The van der Waals surface area contributed by atoms with Gasteiger partial charge in [0.05, 0.1) is 5.56 Å². The van der Waals surface area contributed by atoms with Crippen LogP contribution in [0.3, 0.4) is 0 Å². The maximum absolute atomic E-state index is 13.7. The van der Waals surface area contributed by atoms with Gasteiger partial charge in [-0.25, -0.2) is 0 Å². The van der Waals surface area contributed by atoms with Crippen LogP contribution in [-0.2, 0) is 4.79 Å². The lowest BCUT2D eigenvalue weighted by molar-refractivity contribution is -0.121. The van der Waals surface area contributed by atoms with Crippen LogP contribution in [0, 0.1) is 17.8 Å². The second kappa shape index (κ2) is 12.9. The average Bonchev–Trinajstić information content (AvgIpc) is 2.94. The lowest BCUT2D eigenvalue weighted by Gasteiger charge is -2.57. The number of carbonyl (C=O) groups excluding carboxylic acids is 2. The third-order valence-corrected chi connectivity index (χ3v) is 10.00. The summed E-state index contributed by atoms with van der Waals surface area (Å²) in [7, 11) is 0. The summed E-state index contributed by atoms with van der Waals surface area (Å²) in [6, 6.07) is 5.21. The summed E-state index contributed by atoms with van der Waals surface area (Å²) in [5.74, 6) is 2.12. The molecule has 0 aliphatic carbocycles. The molecule has 7 nitrogen and oxygen atoms in total. The molecule has 0 saturated carbocycles. The smallest absolute Gasteiger partial charge is 0.255 e. The fourth-order valence-electron chi connectivity index (χ4n) is 7.99. The number of pyridine rings is 1. The Morgan fingerprint density at radius 3 is 2.58 bits per heavy atom. The third-order valence-electron chi connectivity index (χ3n) is 10.00. The van der Waals surface area contributed by atoms with Crippen molar-refractivity contribution in [2.75, 3.05) is 39.3 Å². The van der Waals surface area contributed by atoms with Gasteiger partial charge in [-0.3, -0.25) is 19.5 Å². The topological polar surface area (TPSA) is 68.8 Å². The molecule has 7 heteroatoms. The van der Waals surface area contributed by atoms with Gasteiger partial charge in [-0.05, 0) is 128 Å². The molecule has 0 bridgehead atoms. The number of carbonyl (C=O) groups is 2. The van der Waals surface area contributed by atoms with Crippen LogP contribution in [0.1, 0.15) is 88.4 Å². The van der Waals surface area contributed by atoms with Crippen molar-refractivity contribution in [3.05, 3.63) is 30.1 Å². The molecular formula is C31H49N5O2. The van der Waals surface area contributed by atoms with Crippen LogP contribution in [0.4, 0.5) is 0 Å². The zero-order valence-electron chi connectivity index (χ0n) is 23.7. The fraction of sp³-hybridized carbons (Fsp3) is 0.774. The Labute approximate surface area is 229 Å². The number of piperidine rings is 4. The summed E-state index contributed by atoms with van der Waals surface area (Å²) < 4.78 is 0. The first-order valence-corrected chi connectivity index (χ1v) is 15.5. The lowest BCUT2D eigenvalue weighted by Crippen LogP contribution is -2.65. The largest absolute Gasteiger partial charge is 0.356 e. The molecule has 1 N–H and O–H groups in total. The summed E-state index contributed by atoms with van der Waals surface area (Å²) in [6.45, 7) is 11.0. The third kappa shape index (κ3) is 6.41. The highest BCUT2D eigenvalue weighted by molar-refractivity contribution is 5.94. The van der Waals surface area contributed by atoms with Crippen molar-refractivity contribution in [1.29, 1.82) is 0 Å². The first kappa shape index (κ1) is 27.6. The Kier molecular flexibility index (Phi) is 9.37. The van der Waals surface area contributed by atoms with Crippen LogP contribution in [0.25, 0.3) is 0 Å². The van der Waals surface area contributed by atoms with Crippen molar-refractivity contribution in [2.24, 2.45) is 17.8 Å². The molecule has 0 unspecified atom stereocenters. The Morgan fingerprint density at radius 1 is 1.05 bits per heavy atom. The maximum atomic E-state index is 13.7. The zero-order valence-corrected chi connectivity index (χ0v) is 23.7. The molecule has 4 saturated heterocycles. The molecule has 0 aromatic carbocycles. The van der Waals surface area contributed by atoms with Gasteiger partial charge in [-0.15, -0.1) is 0 Å². The number of hydrogen-bond acceptors (Lipinski definition) is 5. The van der Waals surface area contributed by atoms with Gasteiger partial charge >= 0.3 is 0 Å². The number of hydrogen-bond donors (Lipinski definition) is 1. The highest BCUT2D eigenvalue weighted by Gasteiger charge is 2.49. The number of rotatable bonds is 9. The average molecular weight is 524 g/mol. The van der Waals surface area contributed by atoms with E-state index in [2.05, 4.69) is 38.8 Å². The second-order valence-electron chi connectivity index (χ2n) is 12.6. The van der Waals surface area contributed by atoms with Gasteiger partial charge in [0.2, 0.25) is 5.91 Å². The minimum absolute atomic E-state index is 0.122. The first-order valence-electron chi connectivity index (χ1n) is 15.5. The monoisotopic (exact) mass is 523 g/mol. The molecular weight excluding hydrogens is 474 g/mol. The summed E-state index contributed by atoms with van der Waals surface area (Å²) in [5, 5.41) is 3.20. The number of nitrogens with one attached hydrogen (secondary N) is 1. The van der Waals surface area contributed by atoms with E-state index in [1.54, 1.807) is 12.4 Å². The molecule has 4 aliphatic heterocycles. The summed E-state index contributed by atoms with van der Waals surface area (Å²) in [6.07, 6.45) is 14.2. The molecule has 5 heterocycles. The summed E-state index contributed by atoms with van der Waals surface area (Å²) in [4.78, 5) is 38.1. The van der Waals surface area contributed by atoms with Crippen LogP contribution < -0.4 is 5.32 Å². The predicted molar refractivity (Wildman–Crippen MR) is 151 cm³/mol. The molecule has 0 radical (unpaired) electrons. The highest BCUT2D eigenvalue weighted by atomic mass is 16.2. The Balaban J connectivity index is 1.14. The van der Waals surface area contributed by atoms with Gasteiger partial charge in [0.1, 0.15) is 0 Å². The number of aromatic nitrogens is 1. The van der Waals surface area contributed by atoms with E-state index >= 15 is 0 Å². The van der Waals surface area contributed by atoms with Crippen molar-refractivity contribution in [3.8, 4) is 0 Å². The van der Waals surface area contributed by atoms with E-state index < -0.39 is 0 Å². The molecule has 1 aromatic heterocycles. The Bertz CT molecular complexity index is 914. The van der Waals surface area contributed by atoms with Crippen LogP contribution in [0.5, 0.6) is 0 Å². The van der Waals surface area contributed by atoms with Gasteiger partial charge in [-0.2, -0.15) is 0 Å². The van der Waals surface area contributed by atoms with Crippen LogP contribution in [-0.4, -0.2) is 88.9 Å². The quantitative estimate of drug-likeness (QED) is 0.526. The minimum atomic E-state index is 0.122. The molecule has 5 rings (SSSR count). The van der Waals surface area contributed by atoms with E-state index in [9.17, 15) is 9.59 Å². The van der Waals surface area contributed by atoms with E-state index in [1.807, 2.05) is 12.1 Å². The summed E-state index contributed by atoms with van der Waals surface area (Å²) >= 11 is 0. The molecule has 4 aliphatic rings. The number of amides is 2. The van der Waals surface area contributed by atoms with Crippen LogP contribution in [0.15, 0.2) is 24.5 Å². The lowest BCUT2D eigenvalue weighted by atomic mass is 9.69. The van der Waals surface area contributed by atoms with E-state index in [1.165, 1.54) is 64.7 Å². The van der Waals surface area contributed by atoms with Crippen LogP contribution >= 0.6 is 0 Å². The van der Waals surface area contributed by atoms with Gasteiger partial charge in [-0.1, -0.05) is 0 Å². The molecule has 210 valence electrons. The number of likely N-dealkylation sites (tertiary alicyclic amines) is 2. The zero-order chi connectivity index (χ0) is 26.5. The normalized spacial score (nSPS) is 28.8. The first-order chi connectivity index (χ1) is 18.5. The highest BCUT2D eigenvalue weighted by Crippen LogP contribution is 2.43. The van der Waals surface area contributed by atoms with Gasteiger partial charge < -0.3 is 15.1 Å². The molecule has 38 heavy (non-hydrogen) atoms. The molecule has 2 amide bonds. The fourth-order valence-corrected chi connectivity index (χ4v) is 7.99. The van der Waals surface area contributed by atoms with Gasteiger partial charge in [0.15, 0.2) is 0 Å². The van der Waals surface area contributed by atoms with Crippen molar-refractivity contribution in [1.82, 2.24) is 25.0 Å². The predicted octanol–water partition coefficient (Wildman–Crippen LogP) is 4.19. The van der Waals surface area contributed by atoms with E-state index in [0.717, 1.165) is 38.3 Å². The Morgan fingerprint density at radius 2 is 1.84 bits per heavy atom. The van der Waals surface area contributed by atoms with Crippen molar-refractivity contribution in [3.63, 3.8) is 0 Å². The Hall–Kier alpha value is -1.99. The molecule has 4 atom stereocenters. The summed E-state index contributed by atoms with van der Waals surface area (Å²) in [5.41, 5.74) is 0.691. The van der Waals surface area contributed by atoms with Gasteiger partial charge in [0.25, 0.3) is 5.91 Å². The van der Waals surface area contributed by atoms with E-state index in [4.69, 9.17) is 0 Å². The van der Waals surface area contributed by atoms with Crippen LogP contribution in [0.2, 0.25) is 0 Å². The standard InChI is InChI=1S/C31H49N5O2/c1-23(2)34-19-13-24(14-20-34)12-16-33-29(37)11-3-10-28-27-9-6-18-35-17-5-8-26(30(27)35)22-36(28)31(38)25-7-4-15-32-21-25/h4,7,15,21,23-24,26-28,30H,3,5-6,8-14,16-20,22H2,1-2H3,(H,33,37)/t26-,27+,28+,30-/m0/s1. The molecule has 1 aromatic rings. The molecule has 4 fully saturated rings. The van der Waals surface area contributed by atoms with E-state index in [0.29, 0.717) is 35.9 Å². The van der Waals surface area contributed by atoms with Crippen molar-refractivity contribution >= 4 is 11.8 Å². The SMILES string of the molecule is CC(C)N1CCC(CCNC(=O)CCC[C@@H]2[C@H]3CCCN4CCC[C@@H](CN2C(=O)c2cccnc2)[C@@H]34)CC1. The second-order valence-corrected chi connectivity index (χ2v) is 12.6. The van der Waals surface area contributed by atoms with E-state index in [-0.39, 0.29) is 17.9 Å². The molecule has 0 spiro atoms. The van der Waals surface area contributed by atoms with Gasteiger partial charge in [0, 0.05) is 50.0 Å². The van der Waals surface area contributed by atoms with Crippen molar-refractivity contribution in [2.45, 2.75) is 96.2 Å².